The maximum Gasteiger partial charge on any atom is 0.234 e. The highest BCUT2D eigenvalue weighted by Gasteiger charge is 2.47. The molecule has 2 aliphatic rings. The minimum Gasteiger partial charge on any atom is -0.356 e. The molecule has 1 amide bonds. The monoisotopic (exact) mass is 403 g/mol. The molecule has 1 N–H and O–H groups in total. The minimum atomic E-state index is 0.182. The van der Waals surface area contributed by atoms with Crippen LogP contribution in [0.2, 0.25) is 0 Å². The predicted molar refractivity (Wildman–Crippen MR) is 117 cm³/mol. The standard InChI is InChI=1S/C24H29N5O/c1-2-10-25-23(30)19-14-18-9-13-28(15-20(18)19)16-21-22(17-7-4-3-5-8-17)27-24-26-11-6-12-29(21)24/h3-8,11-12,18-20H,2,9-10,13-16H2,1H3,(H,25,30)/t18-,19-,20-/m1/s1. The Morgan fingerprint density at radius 3 is 2.93 bits per heavy atom. The van der Waals surface area contributed by atoms with Gasteiger partial charge < -0.3 is 5.32 Å². The van der Waals surface area contributed by atoms with Crippen molar-refractivity contribution in [2.24, 2.45) is 17.8 Å². The average Bonchev–Trinajstić information content (AvgIpc) is 3.13. The molecular formula is C24H29N5O. The van der Waals surface area contributed by atoms with Crippen LogP contribution in [0, 0.1) is 17.8 Å². The second-order valence-corrected chi connectivity index (χ2v) is 8.64. The number of aromatic nitrogens is 3. The summed E-state index contributed by atoms with van der Waals surface area (Å²) in [6.45, 7) is 5.76. The number of amides is 1. The van der Waals surface area contributed by atoms with Gasteiger partial charge in [-0.3, -0.25) is 14.1 Å². The van der Waals surface area contributed by atoms with E-state index in [2.05, 4.69) is 50.8 Å². The molecule has 6 nitrogen and oxygen atoms in total. The Morgan fingerprint density at radius 2 is 2.10 bits per heavy atom. The zero-order chi connectivity index (χ0) is 20.5. The molecule has 0 unspecified atom stereocenters. The summed E-state index contributed by atoms with van der Waals surface area (Å²) in [6.07, 6.45) is 7.07. The van der Waals surface area contributed by atoms with Crippen molar-refractivity contribution >= 4 is 11.7 Å². The van der Waals surface area contributed by atoms with Crippen molar-refractivity contribution in [3.05, 3.63) is 54.5 Å². The molecule has 0 spiro atoms. The summed E-state index contributed by atoms with van der Waals surface area (Å²) in [5, 5.41) is 3.10. The summed E-state index contributed by atoms with van der Waals surface area (Å²) in [6, 6.07) is 12.3. The van der Waals surface area contributed by atoms with Crippen molar-refractivity contribution in [3.63, 3.8) is 0 Å². The molecule has 1 aliphatic carbocycles. The quantitative estimate of drug-likeness (QED) is 0.685. The number of carbonyl (C=O) groups is 1. The molecule has 156 valence electrons. The molecule has 3 aromatic rings. The number of carbonyl (C=O) groups excluding carboxylic acids is 1. The van der Waals surface area contributed by atoms with Crippen LogP contribution in [0.3, 0.4) is 0 Å². The summed E-state index contributed by atoms with van der Waals surface area (Å²) in [5.41, 5.74) is 3.30. The van der Waals surface area contributed by atoms with E-state index in [-0.39, 0.29) is 11.8 Å². The van der Waals surface area contributed by atoms with Crippen LogP contribution in [0.4, 0.5) is 0 Å². The Kier molecular flexibility index (Phi) is 5.25. The van der Waals surface area contributed by atoms with Crippen LogP contribution in [0.25, 0.3) is 17.0 Å². The normalized spacial score (nSPS) is 23.7. The smallest absolute Gasteiger partial charge is 0.234 e. The van der Waals surface area contributed by atoms with E-state index in [4.69, 9.17) is 4.98 Å². The van der Waals surface area contributed by atoms with Crippen molar-refractivity contribution < 1.29 is 4.79 Å². The number of nitrogens with zero attached hydrogens (tertiary/aromatic N) is 4. The van der Waals surface area contributed by atoms with Gasteiger partial charge in [-0.25, -0.2) is 9.97 Å². The molecular weight excluding hydrogens is 374 g/mol. The zero-order valence-corrected chi connectivity index (χ0v) is 17.5. The van der Waals surface area contributed by atoms with Gasteiger partial charge in [0.25, 0.3) is 0 Å². The zero-order valence-electron chi connectivity index (χ0n) is 17.5. The average molecular weight is 404 g/mol. The van der Waals surface area contributed by atoms with Gasteiger partial charge in [0.1, 0.15) is 0 Å². The summed E-state index contributed by atoms with van der Waals surface area (Å²) in [5.74, 6) is 2.36. The van der Waals surface area contributed by atoms with Gasteiger partial charge in [0.2, 0.25) is 11.7 Å². The SMILES string of the molecule is CCCNC(=O)[C@@H]1C[C@H]2CCN(Cc3c(-c4ccccc4)nc4ncccn34)C[C@H]21. The fraction of sp³-hybridized carbons (Fsp3) is 0.458. The fourth-order valence-electron chi connectivity index (χ4n) is 5.10. The molecule has 1 saturated heterocycles. The number of hydrogen-bond acceptors (Lipinski definition) is 4. The molecule has 3 heterocycles. The van der Waals surface area contributed by atoms with E-state index < -0.39 is 0 Å². The third-order valence-electron chi connectivity index (χ3n) is 6.77. The minimum absolute atomic E-state index is 0.182. The highest BCUT2D eigenvalue weighted by Crippen LogP contribution is 2.46. The van der Waals surface area contributed by atoms with Gasteiger partial charge >= 0.3 is 0 Å². The van der Waals surface area contributed by atoms with E-state index in [1.807, 2.05) is 18.3 Å². The molecule has 1 aliphatic heterocycles. The number of likely N-dealkylation sites (tertiary alicyclic amines) is 1. The van der Waals surface area contributed by atoms with Crippen molar-refractivity contribution in [1.82, 2.24) is 24.6 Å². The van der Waals surface area contributed by atoms with Gasteiger partial charge in [-0.1, -0.05) is 37.3 Å². The van der Waals surface area contributed by atoms with Crippen molar-refractivity contribution in [2.45, 2.75) is 32.7 Å². The third-order valence-corrected chi connectivity index (χ3v) is 6.77. The van der Waals surface area contributed by atoms with Crippen LogP contribution < -0.4 is 5.32 Å². The van der Waals surface area contributed by atoms with Gasteiger partial charge in [0.05, 0.1) is 11.4 Å². The number of piperidine rings is 1. The van der Waals surface area contributed by atoms with E-state index in [0.29, 0.717) is 11.8 Å². The van der Waals surface area contributed by atoms with E-state index in [9.17, 15) is 4.79 Å². The summed E-state index contributed by atoms with van der Waals surface area (Å²) in [7, 11) is 0. The molecule has 30 heavy (non-hydrogen) atoms. The first-order valence-electron chi connectivity index (χ1n) is 11.1. The fourth-order valence-corrected chi connectivity index (χ4v) is 5.10. The molecule has 5 rings (SSSR count). The first-order chi connectivity index (χ1) is 14.7. The summed E-state index contributed by atoms with van der Waals surface area (Å²) < 4.78 is 2.11. The van der Waals surface area contributed by atoms with Gasteiger partial charge in [-0.2, -0.15) is 0 Å². The lowest BCUT2D eigenvalue weighted by Crippen LogP contribution is -2.54. The Hall–Kier alpha value is -2.73. The van der Waals surface area contributed by atoms with E-state index in [0.717, 1.165) is 56.1 Å². The van der Waals surface area contributed by atoms with Gasteiger partial charge in [0, 0.05) is 43.5 Å². The second kappa shape index (κ2) is 8.19. The van der Waals surface area contributed by atoms with Crippen molar-refractivity contribution in [3.8, 4) is 11.3 Å². The maximum atomic E-state index is 12.5. The molecule has 2 aromatic heterocycles. The van der Waals surface area contributed by atoms with Crippen LogP contribution in [-0.4, -0.2) is 44.8 Å². The summed E-state index contributed by atoms with van der Waals surface area (Å²) in [4.78, 5) is 24.3. The molecule has 6 heteroatoms. The molecule has 0 radical (unpaired) electrons. The van der Waals surface area contributed by atoms with Gasteiger partial charge in [0.15, 0.2) is 0 Å². The second-order valence-electron chi connectivity index (χ2n) is 8.64. The maximum absolute atomic E-state index is 12.5. The number of fused-ring (bicyclic) bond motifs is 2. The van der Waals surface area contributed by atoms with Gasteiger partial charge in [-0.05, 0) is 43.7 Å². The van der Waals surface area contributed by atoms with Crippen LogP contribution in [0.15, 0.2) is 48.8 Å². The van der Waals surface area contributed by atoms with Crippen LogP contribution in [0.1, 0.15) is 31.9 Å². The molecule has 2 fully saturated rings. The number of benzene rings is 1. The number of nitrogens with one attached hydrogen (secondary N) is 1. The first-order valence-corrected chi connectivity index (χ1v) is 11.1. The lowest BCUT2D eigenvalue weighted by molar-refractivity contribution is -0.137. The highest BCUT2D eigenvalue weighted by molar-refractivity contribution is 5.80. The Morgan fingerprint density at radius 1 is 1.23 bits per heavy atom. The summed E-state index contributed by atoms with van der Waals surface area (Å²) >= 11 is 0. The number of hydrogen-bond donors (Lipinski definition) is 1. The molecule has 1 saturated carbocycles. The van der Waals surface area contributed by atoms with Crippen LogP contribution in [-0.2, 0) is 11.3 Å². The van der Waals surface area contributed by atoms with Crippen LogP contribution in [0.5, 0.6) is 0 Å². The lowest BCUT2D eigenvalue weighted by Gasteiger charge is -2.50. The topological polar surface area (TPSA) is 62.5 Å². The van der Waals surface area contributed by atoms with E-state index >= 15 is 0 Å². The van der Waals surface area contributed by atoms with Crippen molar-refractivity contribution in [2.75, 3.05) is 19.6 Å². The Balaban J connectivity index is 1.38. The van der Waals surface area contributed by atoms with Crippen LogP contribution >= 0.6 is 0 Å². The number of rotatable bonds is 6. The van der Waals surface area contributed by atoms with Gasteiger partial charge in [-0.15, -0.1) is 0 Å². The molecule has 1 aromatic carbocycles. The molecule has 0 bridgehead atoms. The Labute approximate surface area is 177 Å². The van der Waals surface area contributed by atoms with E-state index in [1.54, 1.807) is 6.20 Å². The predicted octanol–water partition coefficient (Wildman–Crippen LogP) is 3.38. The lowest BCUT2D eigenvalue weighted by atomic mass is 9.61. The molecule has 3 atom stereocenters. The Bertz CT molecular complexity index is 1030. The largest absolute Gasteiger partial charge is 0.356 e. The van der Waals surface area contributed by atoms with E-state index in [1.165, 1.54) is 12.1 Å². The third kappa shape index (κ3) is 3.49. The van der Waals surface area contributed by atoms with Crippen molar-refractivity contribution in [1.29, 1.82) is 0 Å². The first kappa shape index (κ1) is 19.2. The highest BCUT2D eigenvalue weighted by atomic mass is 16.1. The number of imidazole rings is 1.